The Balaban J connectivity index is 1.66. The third-order valence-corrected chi connectivity index (χ3v) is 3.31. The van der Waals surface area contributed by atoms with Crippen molar-refractivity contribution in [3.8, 4) is 18.1 Å². The number of hydrogen-bond acceptors (Lipinski definition) is 3. The molecule has 1 N–H and O–H groups in total. The van der Waals surface area contributed by atoms with E-state index in [1.165, 1.54) is 0 Å². The van der Waals surface area contributed by atoms with Crippen LogP contribution in [0.3, 0.4) is 0 Å². The molecule has 23 heavy (non-hydrogen) atoms. The molecule has 5 heteroatoms. The topological polar surface area (TPSA) is 56.1 Å². The Morgan fingerprint density at radius 2 is 2.17 bits per heavy atom. The first-order valence-corrected chi connectivity index (χ1v) is 7.58. The van der Waals surface area contributed by atoms with E-state index in [-0.39, 0.29) is 12.5 Å². The van der Waals surface area contributed by atoms with Crippen LogP contribution in [0.25, 0.3) is 0 Å². The maximum absolute atomic E-state index is 11.8. The molecule has 1 heterocycles. The van der Waals surface area contributed by atoms with E-state index in [9.17, 15) is 4.79 Å². The van der Waals surface area contributed by atoms with Crippen molar-refractivity contribution in [1.29, 1.82) is 0 Å². The van der Waals surface area contributed by atoms with Gasteiger partial charge in [0.25, 0.3) is 0 Å². The van der Waals surface area contributed by atoms with Gasteiger partial charge in [0.2, 0.25) is 5.91 Å². The second kappa shape index (κ2) is 8.64. The van der Waals surface area contributed by atoms with Gasteiger partial charge in [-0.05, 0) is 36.6 Å². The molecule has 0 spiro atoms. The second-order valence-corrected chi connectivity index (χ2v) is 5.27. The molecular formula is C18H21N3O2. The van der Waals surface area contributed by atoms with Gasteiger partial charge in [0.15, 0.2) is 0 Å². The molecule has 0 aliphatic rings. The summed E-state index contributed by atoms with van der Waals surface area (Å²) in [7, 11) is 0. The number of carbonyl (C=O) groups excluding carboxylic acids is 1. The molecule has 0 bridgehead atoms. The van der Waals surface area contributed by atoms with Gasteiger partial charge in [0, 0.05) is 25.7 Å². The first kappa shape index (κ1) is 16.6. The van der Waals surface area contributed by atoms with Crippen LogP contribution < -0.4 is 10.1 Å². The van der Waals surface area contributed by atoms with E-state index in [0.29, 0.717) is 19.5 Å². The summed E-state index contributed by atoms with van der Waals surface area (Å²) in [6.07, 6.45) is 10.1. The maximum Gasteiger partial charge on any atom is 0.221 e. The highest BCUT2D eigenvalue weighted by atomic mass is 16.5. The van der Waals surface area contributed by atoms with E-state index in [1.54, 1.807) is 10.9 Å². The molecule has 120 valence electrons. The zero-order valence-corrected chi connectivity index (χ0v) is 13.3. The van der Waals surface area contributed by atoms with Crippen molar-refractivity contribution in [2.45, 2.75) is 26.3 Å². The van der Waals surface area contributed by atoms with Crippen molar-refractivity contribution >= 4 is 5.91 Å². The molecule has 0 fully saturated rings. The summed E-state index contributed by atoms with van der Waals surface area (Å²) in [5.41, 5.74) is 2.24. The van der Waals surface area contributed by atoms with E-state index < -0.39 is 0 Å². The van der Waals surface area contributed by atoms with E-state index >= 15 is 0 Å². The molecule has 5 nitrogen and oxygen atoms in total. The molecule has 0 saturated carbocycles. The highest BCUT2D eigenvalue weighted by Crippen LogP contribution is 2.12. The van der Waals surface area contributed by atoms with Gasteiger partial charge in [0.05, 0.1) is 6.20 Å². The van der Waals surface area contributed by atoms with Gasteiger partial charge in [0.1, 0.15) is 12.4 Å². The zero-order chi connectivity index (χ0) is 16.5. The SMILES string of the molecule is C#CCOc1ccc(CCNC(=O)CCn2cc(C)cn2)cc1. The van der Waals surface area contributed by atoms with Gasteiger partial charge in [-0.15, -0.1) is 6.42 Å². The molecule has 0 atom stereocenters. The van der Waals surface area contributed by atoms with Crippen LogP contribution in [0.1, 0.15) is 17.5 Å². The smallest absolute Gasteiger partial charge is 0.221 e. The van der Waals surface area contributed by atoms with Crippen LogP contribution in [0, 0.1) is 19.3 Å². The van der Waals surface area contributed by atoms with Gasteiger partial charge in [-0.1, -0.05) is 18.1 Å². The molecule has 0 unspecified atom stereocenters. The summed E-state index contributed by atoms with van der Waals surface area (Å²) in [4.78, 5) is 11.8. The molecule has 2 rings (SSSR count). The highest BCUT2D eigenvalue weighted by molar-refractivity contribution is 5.75. The molecule has 1 amide bonds. The molecule has 1 aromatic heterocycles. The summed E-state index contributed by atoms with van der Waals surface area (Å²) < 4.78 is 7.10. The third kappa shape index (κ3) is 5.87. The summed E-state index contributed by atoms with van der Waals surface area (Å²) in [5.74, 6) is 3.22. The number of nitrogens with one attached hydrogen (secondary N) is 1. The number of aromatic nitrogens is 2. The van der Waals surface area contributed by atoms with Crippen molar-refractivity contribution in [1.82, 2.24) is 15.1 Å². The standard InChI is InChI=1S/C18H21N3O2/c1-3-12-23-17-6-4-16(5-7-17)8-10-19-18(22)9-11-21-14-15(2)13-20-21/h1,4-7,13-14H,8-12H2,2H3,(H,19,22). The first-order valence-electron chi connectivity index (χ1n) is 7.58. The summed E-state index contributed by atoms with van der Waals surface area (Å²) in [6, 6.07) is 7.72. The predicted molar refractivity (Wildman–Crippen MR) is 89.1 cm³/mol. The van der Waals surface area contributed by atoms with Crippen LogP contribution in [-0.4, -0.2) is 28.8 Å². The van der Waals surface area contributed by atoms with Crippen LogP contribution in [0.4, 0.5) is 0 Å². The maximum atomic E-state index is 11.8. The molecule has 2 aromatic rings. The average molecular weight is 311 g/mol. The highest BCUT2D eigenvalue weighted by Gasteiger charge is 2.03. The minimum absolute atomic E-state index is 0.0344. The van der Waals surface area contributed by atoms with Crippen LogP contribution in [0.2, 0.25) is 0 Å². The number of hydrogen-bond donors (Lipinski definition) is 1. The van der Waals surface area contributed by atoms with E-state index in [1.807, 2.05) is 37.4 Å². The number of terminal acetylenes is 1. The van der Waals surface area contributed by atoms with Crippen molar-refractivity contribution in [3.63, 3.8) is 0 Å². The quantitative estimate of drug-likeness (QED) is 0.758. The Kier molecular flexibility index (Phi) is 6.25. The Morgan fingerprint density at radius 1 is 1.39 bits per heavy atom. The number of benzene rings is 1. The van der Waals surface area contributed by atoms with Crippen LogP contribution in [-0.2, 0) is 17.8 Å². The van der Waals surface area contributed by atoms with Gasteiger partial charge in [-0.25, -0.2) is 0 Å². The van der Waals surface area contributed by atoms with E-state index in [4.69, 9.17) is 11.2 Å². The monoisotopic (exact) mass is 311 g/mol. The lowest BCUT2D eigenvalue weighted by Gasteiger charge is -2.07. The van der Waals surface area contributed by atoms with Gasteiger partial charge in [-0.2, -0.15) is 5.10 Å². The average Bonchev–Trinajstić information content (AvgIpc) is 2.98. The van der Waals surface area contributed by atoms with Crippen molar-refractivity contribution in [3.05, 3.63) is 47.8 Å². The number of nitrogens with zero attached hydrogens (tertiary/aromatic N) is 2. The Labute approximate surface area is 136 Å². The molecule has 0 aliphatic carbocycles. The fourth-order valence-corrected chi connectivity index (χ4v) is 2.12. The summed E-state index contributed by atoms with van der Waals surface area (Å²) in [5, 5.41) is 7.08. The van der Waals surface area contributed by atoms with E-state index in [2.05, 4.69) is 16.3 Å². The van der Waals surface area contributed by atoms with E-state index in [0.717, 1.165) is 23.3 Å². The van der Waals surface area contributed by atoms with Gasteiger partial charge in [-0.3, -0.25) is 9.48 Å². The normalized spacial score (nSPS) is 10.1. The predicted octanol–water partition coefficient (Wildman–Crippen LogP) is 1.95. The molecule has 0 saturated heterocycles. The molecular weight excluding hydrogens is 290 g/mol. The van der Waals surface area contributed by atoms with Crippen molar-refractivity contribution in [2.24, 2.45) is 0 Å². The Bertz CT molecular complexity index is 668. The minimum atomic E-state index is 0.0344. The molecule has 1 aromatic carbocycles. The summed E-state index contributed by atoms with van der Waals surface area (Å²) >= 11 is 0. The largest absolute Gasteiger partial charge is 0.481 e. The minimum Gasteiger partial charge on any atom is -0.481 e. The summed E-state index contributed by atoms with van der Waals surface area (Å²) in [6.45, 7) is 3.46. The van der Waals surface area contributed by atoms with Crippen molar-refractivity contribution in [2.75, 3.05) is 13.2 Å². The van der Waals surface area contributed by atoms with Crippen LogP contribution in [0.15, 0.2) is 36.7 Å². The zero-order valence-electron chi connectivity index (χ0n) is 13.3. The Hall–Kier alpha value is -2.74. The van der Waals surface area contributed by atoms with Gasteiger partial charge >= 0.3 is 0 Å². The van der Waals surface area contributed by atoms with Gasteiger partial charge < -0.3 is 10.1 Å². The lowest BCUT2D eigenvalue weighted by molar-refractivity contribution is -0.121. The number of rotatable bonds is 8. The number of aryl methyl sites for hydroxylation is 2. The fourth-order valence-electron chi connectivity index (χ4n) is 2.12. The van der Waals surface area contributed by atoms with Crippen molar-refractivity contribution < 1.29 is 9.53 Å². The lowest BCUT2D eigenvalue weighted by Crippen LogP contribution is -2.26. The number of ether oxygens (including phenoxy) is 1. The molecule has 0 radical (unpaired) electrons. The fraction of sp³-hybridized carbons (Fsp3) is 0.333. The third-order valence-electron chi connectivity index (χ3n) is 3.31. The molecule has 0 aliphatic heterocycles. The number of carbonyl (C=O) groups is 1. The first-order chi connectivity index (χ1) is 11.2. The Morgan fingerprint density at radius 3 is 2.83 bits per heavy atom. The van der Waals surface area contributed by atoms with Crippen LogP contribution >= 0.6 is 0 Å². The van der Waals surface area contributed by atoms with Crippen LogP contribution in [0.5, 0.6) is 5.75 Å². The lowest BCUT2D eigenvalue weighted by atomic mass is 10.1. The second-order valence-electron chi connectivity index (χ2n) is 5.27. The number of amides is 1.